The van der Waals surface area contributed by atoms with Crippen LogP contribution in [0.5, 0.6) is 0 Å². The highest BCUT2D eigenvalue weighted by atomic mass is 35.6. The van der Waals surface area contributed by atoms with E-state index in [1.165, 1.54) is 0 Å². The number of rotatable bonds is 0. The molecule has 0 aromatic heterocycles. The highest BCUT2D eigenvalue weighted by Gasteiger charge is 2.22. The molecule has 0 bridgehead atoms. The molecule has 12 heavy (non-hydrogen) atoms. The number of hydrogen-bond acceptors (Lipinski definition) is 0. The third-order valence-electron chi connectivity index (χ3n) is 1.47. The van der Waals surface area contributed by atoms with Crippen molar-refractivity contribution in [2.75, 3.05) is 0 Å². The minimum atomic E-state index is -1.33. The van der Waals surface area contributed by atoms with Gasteiger partial charge in [0.1, 0.15) is 0 Å². The van der Waals surface area contributed by atoms with Crippen LogP contribution in [-0.4, -0.2) is 0 Å². The summed E-state index contributed by atoms with van der Waals surface area (Å²) in [4.78, 5) is 0. The quantitative estimate of drug-likeness (QED) is 0.584. The number of halogens is 3. The highest BCUT2D eigenvalue weighted by Crippen LogP contribution is 2.38. The minimum absolute atomic E-state index is 0.696. The molecule has 1 radical (unpaired) electrons. The van der Waals surface area contributed by atoms with Gasteiger partial charge in [-0.2, -0.15) is 0 Å². The summed E-state index contributed by atoms with van der Waals surface area (Å²) >= 11 is 17.2. The van der Waals surface area contributed by atoms with Gasteiger partial charge >= 0.3 is 0 Å². The van der Waals surface area contributed by atoms with E-state index in [1.807, 2.05) is 26.0 Å². The Hall–Kier alpha value is 0.0900. The molecule has 0 spiro atoms. The van der Waals surface area contributed by atoms with Crippen molar-refractivity contribution >= 4 is 34.8 Å². The first-order valence-corrected chi connectivity index (χ1v) is 4.61. The molecule has 1 aromatic rings. The molecule has 0 N–H and O–H groups in total. The van der Waals surface area contributed by atoms with Crippen LogP contribution in [0.4, 0.5) is 0 Å². The van der Waals surface area contributed by atoms with Crippen molar-refractivity contribution in [3.63, 3.8) is 0 Å². The van der Waals surface area contributed by atoms with Crippen LogP contribution < -0.4 is 0 Å². The second-order valence-electron chi connectivity index (χ2n) is 2.73. The van der Waals surface area contributed by atoms with Gasteiger partial charge in [0, 0.05) is 5.56 Å². The van der Waals surface area contributed by atoms with Gasteiger partial charge < -0.3 is 0 Å². The first kappa shape index (κ1) is 10.2. The Morgan fingerprint density at radius 3 is 1.83 bits per heavy atom. The lowest BCUT2D eigenvalue weighted by Gasteiger charge is -2.12. The Labute approximate surface area is 87.4 Å². The SMILES string of the molecule is Cc1[c]c(C)cc(C(Cl)(Cl)Cl)c1. The maximum atomic E-state index is 5.72. The third kappa shape index (κ3) is 2.55. The number of benzene rings is 1. The lowest BCUT2D eigenvalue weighted by Crippen LogP contribution is -2.00. The van der Waals surface area contributed by atoms with E-state index in [4.69, 9.17) is 34.8 Å². The van der Waals surface area contributed by atoms with Crippen LogP contribution in [-0.2, 0) is 3.79 Å². The molecule has 0 atom stereocenters. The summed E-state index contributed by atoms with van der Waals surface area (Å²) in [6.07, 6.45) is 0. The molecule has 0 unspecified atom stereocenters. The van der Waals surface area contributed by atoms with E-state index in [0.29, 0.717) is 5.56 Å². The van der Waals surface area contributed by atoms with Crippen LogP contribution in [0, 0.1) is 19.9 Å². The van der Waals surface area contributed by atoms with Crippen LogP contribution in [0.25, 0.3) is 0 Å². The van der Waals surface area contributed by atoms with Gasteiger partial charge in [0.25, 0.3) is 0 Å². The fraction of sp³-hybridized carbons (Fsp3) is 0.333. The minimum Gasteiger partial charge on any atom is -0.0784 e. The average Bonchev–Trinajstić information content (AvgIpc) is 1.82. The van der Waals surface area contributed by atoms with Gasteiger partial charge in [-0.1, -0.05) is 46.9 Å². The van der Waals surface area contributed by atoms with Crippen molar-refractivity contribution in [1.29, 1.82) is 0 Å². The van der Waals surface area contributed by atoms with E-state index >= 15 is 0 Å². The molecule has 0 aliphatic carbocycles. The van der Waals surface area contributed by atoms with E-state index in [9.17, 15) is 0 Å². The monoisotopic (exact) mass is 221 g/mol. The van der Waals surface area contributed by atoms with E-state index in [0.717, 1.165) is 11.1 Å². The van der Waals surface area contributed by atoms with Gasteiger partial charge in [0.15, 0.2) is 0 Å². The number of hydrogen-bond donors (Lipinski definition) is 0. The Morgan fingerprint density at radius 2 is 1.50 bits per heavy atom. The summed E-state index contributed by atoms with van der Waals surface area (Å²) in [5.41, 5.74) is 2.66. The average molecular weight is 223 g/mol. The first-order chi connectivity index (χ1) is 5.39. The zero-order chi connectivity index (χ0) is 9.35. The predicted molar refractivity (Wildman–Crippen MR) is 54.0 cm³/mol. The first-order valence-electron chi connectivity index (χ1n) is 3.47. The largest absolute Gasteiger partial charge is 0.216 e. The van der Waals surface area contributed by atoms with Crippen LogP contribution >= 0.6 is 34.8 Å². The fourth-order valence-corrected chi connectivity index (χ4v) is 1.38. The molecule has 0 heterocycles. The molecular weight excluding hydrogens is 214 g/mol. The lowest BCUT2D eigenvalue weighted by atomic mass is 10.1. The van der Waals surface area contributed by atoms with Gasteiger partial charge in [0.05, 0.1) is 0 Å². The highest BCUT2D eigenvalue weighted by molar-refractivity contribution is 6.66. The standard InChI is InChI=1S/C9H8Cl3/c1-6-3-7(2)5-8(4-6)9(10,11)12/h4-5H,1-2H3. The van der Waals surface area contributed by atoms with Gasteiger partial charge in [-0.3, -0.25) is 0 Å². The third-order valence-corrected chi connectivity index (χ3v) is 2.12. The van der Waals surface area contributed by atoms with Gasteiger partial charge in [-0.15, -0.1) is 0 Å². The van der Waals surface area contributed by atoms with E-state index < -0.39 is 3.79 Å². The van der Waals surface area contributed by atoms with Crippen molar-refractivity contribution in [1.82, 2.24) is 0 Å². The molecule has 0 amide bonds. The summed E-state index contributed by atoms with van der Waals surface area (Å²) in [6.45, 7) is 3.85. The van der Waals surface area contributed by atoms with Crippen molar-refractivity contribution in [3.8, 4) is 0 Å². The van der Waals surface area contributed by atoms with Crippen LogP contribution in [0.3, 0.4) is 0 Å². The van der Waals surface area contributed by atoms with Crippen molar-refractivity contribution in [3.05, 3.63) is 34.9 Å². The lowest BCUT2D eigenvalue weighted by molar-refractivity contribution is 1.20. The fourth-order valence-electron chi connectivity index (χ4n) is 1.06. The molecule has 3 heteroatoms. The van der Waals surface area contributed by atoms with Crippen molar-refractivity contribution in [2.24, 2.45) is 0 Å². The van der Waals surface area contributed by atoms with Crippen LogP contribution in [0.2, 0.25) is 0 Å². The number of alkyl halides is 3. The molecule has 0 aliphatic heterocycles. The molecule has 0 saturated carbocycles. The second kappa shape index (κ2) is 3.45. The summed E-state index contributed by atoms with van der Waals surface area (Å²) in [5, 5.41) is 0. The Morgan fingerprint density at radius 1 is 1.08 bits per heavy atom. The summed E-state index contributed by atoms with van der Waals surface area (Å²) < 4.78 is -1.33. The molecule has 0 fully saturated rings. The predicted octanol–water partition coefficient (Wildman–Crippen LogP) is 3.93. The Kier molecular flexibility index (Phi) is 2.92. The van der Waals surface area contributed by atoms with Crippen LogP contribution in [0.1, 0.15) is 16.7 Å². The molecule has 65 valence electrons. The van der Waals surface area contributed by atoms with Crippen LogP contribution in [0.15, 0.2) is 12.1 Å². The zero-order valence-corrected chi connectivity index (χ0v) is 9.06. The topological polar surface area (TPSA) is 0 Å². The smallest absolute Gasteiger partial charge is 0.0784 e. The van der Waals surface area contributed by atoms with Gasteiger partial charge in [-0.25, -0.2) is 0 Å². The van der Waals surface area contributed by atoms with Gasteiger partial charge in [-0.05, 0) is 31.0 Å². The Bertz CT molecular complexity index is 266. The summed E-state index contributed by atoms with van der Waals surface area (Å²) in [5.74, 6) is 0. The van der Waals surface area contributed by atoms with Gasteiger partial charge in [0.2, 0.25) is 3.79 Å². The van der Waals surface area contributed by atoms with E-state index in [2.05, 4.69) is 6.07 Å². The summed E-state index contributed by atoms with van der Waals surface area (Å²) in [7, 11) is 0. The molecule has 1 rings (SSSR count). The summed E-state index contributed by atoms with van der Waals surface area (Å²) in [6, 6.07) is 6.75. The zero-order valence-electron chi connectivity index (χ0n) is 6.79. The van der Waals surface area contributed by atoms with E-state index in [-0.39, 0.29) is 0 Å². The maximum Gasteiger partial charge on any atom is 0.216 e. The molecule has 1 aromatic carbocycles. The molecule has 0 saturated heterocycles. The van der Waals surface area contributed by atoms with E-state index in [1.54, 1.807) is 0 Å². The molecular formula is C9H8Cl3. The molecule has 0 nitrogen and oxygen atoms in total. The van der Waals surface area contributed by atoms with Crippen molar-refractivity contribution in [2.45, 2.75) is 17.6 Å². The normalized spacial score (nSPS) is 11.8. The maximum absolute atomic E-state index is 5.72. The second-order valence-corrected chi connectivity index (χ2v) is 5.01. The van der Waals surface area contributed by atoms with Crippen molar-refractivity contribution < 1.29 is 0 Å². The number of aryl methyl sites for hydroxylation is 2. The molecule has 0 aliphatic rings. The Balaban J connectivity index is 3.18.